The Morgan fingerprint density at radius 1 is 1.00 bits per heavy atom. The smallest absolute Gasteiger partial charge is 0.333 e. The molecule has 10 heteroatoms. The molecule has 0 spiro atoms. The van der Waals surface area contributed by atoms with Crippen LogP contribution in [0.4, 0.5) is 5.69 Å². The van der Waals surface area contributed by atoms with Crippen molar-refractivity contribution in [2.24, 2.45) is 0 Å². The number of hydrogen-bond acceptors (Lipinski definition) is 4. The lowest BCUT2D eigenvalue weighted by Crippen LogP contribution is -2.41. The molecule has 0 fully saturated rings. The Morgan fingerprint density at radius 2 is 1.74 bits per heavy atom. The molecule has 1 aliphatic rings. The average molecular weight is 595 g/mol. The topological polar surface area (TPSA) is 88.4 Å². The molecular formula is C28H25BrClN5O3. The minimum atomic E-state index is -0.390. The number of carbonyl (C=O) groups excluding carboxylic acids is 2. The third kappa shape index (κ3) is 4.99. The summed E-state index contributed by atoms with van der Waals surface area (Å²) in [6.07, 6.45) is 0. The van der Waals surface area contributed by atoms with E-state index in [4.69, 9.17) is 11.6 Å². The summed E-state index contributed by atoms with van der Waals surface area (Å²) >= 11 is 9.57. The molecule has 8 nitrogen and oxygen atoms in total. The lowest BCUT2D eigenvalue weighted by atomic mass is 10.1. The Kier molecular flexibility index (Phi) is 7.40. The van der Waals surface area contributed by atoms with E-state index in [9.17, 15) is 14.4 Å². The van der Waals surface area contributed by atoms with E-state index in [1.165, 1.54) is 4.57 Å². The molecule has 0 saturated heterocycles. The maximum absolute atomic E-state index is 13.6. The fourth-order valence-corrected chi connectivity index (χ4v) is 4.98. The third-order valence-electron chi connectivity index (χ3n) is 6.56. The van der Waals surface area contributed by atoms with Crippen LogP contribution in [0.1, 0.15) is 32.1 Å². The number of benzene rings is 3. The number of anilines is 1. The van der Waals surface area contributed by atoms with Crippen molar-refractivity contribution >= 4 is 45.0 Å². The molecule has 0 aliphatic carbocycles. The minimum Gasteiger partial charge on any atom is -0.388 e. The number of aromatic nitrogens is 2. The van der Waals surface area contributed by atoms with Crippen molar-refractivity contribution in [1.29, 1.82) is 0 Å². The number of amides is 2. The lowest BCUT2D eigenvalue weighted by molar-refractivity contribution is 0.0706. The Bertz CT molecular complexity index is 1560. The molecule has 0 saturated carbocycles. The maximum Gasteiger partial charge on any atom is 0.333 e. The first-order valence-electron chi connectivity index (χ1n) is 12.1. The largest absolute Gasteiger partial charge is 0.388 e. The number of nitrogens with zero attached hydrogens (tertiary/aromatic N) is 3. The Balaban J connectivity index is 1.53. The fourth-order valence-electron chi connectivity index (χ4n) is 4.56. The maximum atomic E-state index is 13.6. The van der Waals surface area contributed by atoms with Crippen LogP contribution in [-0.2, 0) is 19.6 Å². The van der Waals surface area contributed by atoms with E-state index >= 15 is 0 Å². The number of imidazole rings is 1. The molecule has 38 heavy (non-hydrogen) atoms. The number of fused-ring (bicyclic) bond motifs is 1. The highest BCUT2D eigenvalue weighted by Crippen LogP contribution is 2.26. The average Bonchev–Trinajstić information content (AvgIpc) is 3.25. The normalized spacial score (nSPS) is 12.7. The molecule has 0 atom stereocenters. The van der Waals surface area contributed by atoms with Crippen LogP contribution in [0, 0.1) is 0 Å². The van der Waals surface area contributed by atoms with Crippen molar-refractivity contribution in [3.05, 3.63) is 115 Å². The number of nitrogens with one attached hydrogen (secondary N) is 2. The predicted octanol–water partition coefficient (Wildman–Crippen LogP) is 4.68. The van der Waals surface area contributed by atoms with Crippen molar-refractivity contribution in [3.8, 4) is 5.69 Å². The van der Waals surface area contributed by atoms with Crippen LogP contribution in [-0.4, -0.2) is 39.4 Å². The van der Waals surface area contributed by atoms with Gasteiger partial charge in [0, 0.05) is 42.4 Å². The predicted molar refractivity (Wildman–Crippen MR) is 151 cm³/mol. The third-order valence-corrected chi connectivity index (χ3v) is 7.79. The van der Waals surface area contributed by atoms with Gasteiger partial charge in [-0.05, 0) is 64.0 Å². The highest BCUT2D eigenvalue weighted by atomic mass is 79.9. The van der Waals surface area contributed by atoms with Crippen molar-refractivity contribution < 1.29 is 9.59 Å². The standard InChI is InChI=1S/C28H25BrClN5O3/c1-31-20-8-10-21(11-9-20)35-25(26(36)32-16-18-5-3-2-4-6-18)24-17-33(13-14-34(24)28(35)38)27(37)19-7-12-22(29)23(30)15-19/h2-12,15,31H,13-14,16-17H2,1H3,(H,32,36). The zero-order valence-electron chi connectivity index (χ0n) is 20.6. The molecule has 1 aromatic heterocycles. The SMILES string of the molecule is CNc1ccc(-n2c(C(=O)NCc3ccccc3)c3n(c2=O)CCN(C(=O)c2ccc(Br)c(Cl)c2)C3)cc1. The molecular weight excluding hydrogens is 570 g/mol. The Morgan fingerprint density at radius 3 is 2.42 bits per heavy atom. The van der Waals surface area contributed by atoms with Crippen molar-refractivity contribution in [2.75, 3.05) is 18.9 Å². The quantitative estimate of drug-likeness (QED) is 0.339. The Hall–Kier alpha value is -3.82. The van der Waals surface area contributed by atoms with Gasteiger partial charge in [0.1, 0.15) is 5.69 Å². The van der Waals surface area contributed by atoms with Crippen molar-refractivity contribution in [3.63, 3.8) is 0 Å². The summed E-state index contributed by atoms with van der Waals surface area (Å²) in [5.74, 6) is -0.613. The van der Waals surface area contributed by atoms with Crippen LogP contribution in [0.15, 0.2) is 82.1 Å². The van der Waals surface area contributed by atoms with E-state index in [1.54, 1.807) is 39.8 Å². The summed E-state index contributed by atoms with van der Waals surface area (Å²) in [4.78, 5) is 42.2. The van der Waals surface area contributed by atoms with Gasteiger partial charge in [-0.3, -0.25) is 18.7 Å². The summed E-state index contributed by atoms with van der Waals surface area (Å²) < 4.78 is 3.71. The molecule has 2 amide bonds. The van der Waals surface area contributed by atoms with Gasteiger partial charge in [-0.2, -0.15) is 0 Å². The molecule has 4 aromatic rings. The van der Waals surface area contributed by atoms with Gasteiger partial charge in [0.05, 0.1) is 22.9 Å². The number of carbonyl (C=O) groups is 2. The van der Waals surface area contributed by atoms with Crippen molar-refractivity contribution in [1.82, 2.24) is 19.4 Å². The molecule has 0 unspecified atom stereocenters. The zero-order chi connectivity index (χ0) is 26.8. The van der Waals surface area contributed by atoms with Gasteiger partial charge in [0.25, 0.3) is 11.8 Å². The molecule has 3 aromatic carbocycles. The second-order valence-electron chi connectivity index (χ2n) is 8.89. The van der Waals surface area contributed by atoms with Crippen molar-refractivity contribution in [2.45, 2.75) is 19.6 Å². The monoisotopic (exact) mass is 593 g/mol. The molecule has 0 bridgehead atoms. The molecule has 194 valence electrons. The van der Waals surface area contributed by atoms with Crippen LogP contribution in [0.5, 0.6) is 0 Å². The van der Waals surface area contributed by atoms with E-state index in [1.807, 2.05) is 49.5 Å². The molecule has 0 radical (unpaired) electrons. The van der Waals surface area contributed by atoms with E-state index in [2.05, 4.69) is 26.6 Å². The van der Waals surface area contributed by atoms with Crippen LogP contribution >= 0.6 is 27.5 Å². The van der Waals surface area contributed by atoms with Gasteiger partial charge >= 0.3 is 5.69 Å². The van der Waals surface area contributed by atoms with Crippen LogP contribution < -0.4 is 16.3 Å². The number of hydrogen-bond donors (Lipinski definition) is 2. The van der Waals surface area contributed by atoms with E-state index in [-0.39, 0.29) is 30.4 Å². The second kappa shape index (κ2) is 10.9. The lowest BCUT2D eigenvalue weighted by Gasteiger charge is -2.28. The summed E-state index contributed by atoms with van der Waals surface area (Å²) in [5, 5.41) is 6.44. The van der Waals surface area contributed by atoms with E-state index in [0.29, 0.717) is 39.5 Å². The number of rotatable bonds is 6. The summed E-state index contributed by atoms with van der Waals surface area (Å²) in [6.45, 7) is 1.01. The van der Waals surface area contributed by atoms with Gasteiger partial charge < -0.3 is 15.5 Å². The van der Waals surface area contributed by atoms with Gasteiger partial charge in [-0.15, -0.1) is 0 Å². The van der Waals surface area contributed by atoms with Crippen LogP contribution in [0.3, 0.4) is 0 Å². The highest BCUT2D eigenvalue weighted by molar-refractivity contribution is 9.10. The summed E-state index contributed by atoms with van der Waals surface area (Å²) in [6, 6.07) is 21.9. The van der Waals surface area contributed by atoms with Crippen LogP contribution in [0.2, 0.25) is 5.02 Å². The molecule has 1 aliphatic heterocycles. The second-order valence-corrected chi connectivity index (χ2v) is 10.1. The van der Waals surface area contributed by atoms with Gasteiger partial charge in [-0.25, -0.2) is 4.79 Å². The van der Waals surface area contributed by atoms with Gasteiger partial charge in [0.2, 0.25) is 0 Å². The van der Waals surface area contributed by atoms with Crippen LogP contribution in [0.25, 0.3) is 5.69 Å². The first-order chi connectivity index (χ1) is 18.4. The van der Waals surface area contributed by atoms with Gasteiger partial charge in [0.15, 0.2) is 0 Å². The molecule has 5 rings (SSSR count). The summed E-state index contributed by atoms with van der Waals surface area (Å²) in [5.41, 5.74) is 3.21. The highest BCUT2D eigenvalue weighted by Gasteiger charge is 2.32. The Labute approximate surface area is 233 Å². The molecule has 2 N–H and O–H groups in total. The zero-order valence-corrected chi connectivity index (χ0v) is 22.9. The summed E-state index contributed by atoms with van der Waals surface area (Å²) in [7, 11) is 1.81. The molecule has 2 heterocycles. The first-order valence-corrected chi connectivity index (χ1v) is 13.2. The minimum absolute atomic E-state index is 0.109. The first kappa shape index (κ1) is 25.8. The van der Waals surface area contributed by atoms with E-state index < -0.39 is 5.91 Å². The fraction of sp³-hybridized carbons (Fsp3) is 0.179. The number of halogens is 2. The van der Waals surface area contributed by atoms with E-state index in [0.717, 1.165) is 11.3 Å². The van der Waals surface area contributed by atoms with Gasteiger partial charge in [-0.1, -0.05) is 41.9 Å².